The molecule has 0 saturated heterocycles. The normalized spacial score (nSPS) is 13.6. The Morgan fingerprint density at radius 1 is 1.47 bits per heavy atom. The number of amides is 2. The monoisotopic (exact) mass is 252 g/mol. The number of hydrogen-bond acceptors (Lipinski definition) is 1. The van der Waals surface area contributed by atoms with Crippen LogP contribution in [0.4, 0.5) is 4.79 Å². The fraction of sp³-hybridized carbons (Fsp3) is 0.308. The molecule has 2 amide bonds. The summed E-state index contributed by atoms with van der Waals surface area (Å²) in [5, 5.41) is 3.27. The van der Waals surface area contributed by atoms with Crippen molar-refractivity contribution in [3.63, 3.8) is 0 Å². The molecule has 17 heavy (non-hydrogen) atoms. The molecule has 0 aliphatic rings. The molecule has 0 spiro atoms. The van der Waals surface area contributed by atoms with Gasteiger partial charge in [0.15, 0.2) is 0 Å². The molecule has 0 aromatic heterocycles. The van der Waals surface area contributed by atoms with Crippen LogP contribution < -0.4 is 5.32 Å². The minimum Gasteiger partial charge on any atom is -0.341 e. The molecule has 0 aliphatic heterocycles. The molecule has 0 saturated carbocycles. The molecule has 1 aromatic carbocycles. The highest BCUT2D eigenvalue weighted by Crippen LogP contribution is 2.29. The van der Waals surface area contributed by atoms with Gasteiger partial charge in [-0.3, -0.25) is 0 Å². The molecule has 1 aromatic rings. The van der Waals surface area contributed by atoms with E-state index in [4.69, 9.17) is 11.6 Å². The quantitative estimate of drug-likeness (QED) is 0.824. The largest absolute Gasteiger partial charge is 0.341 e. The lowest BCUT2D eigenvalue weighted by molar-refractivity contribution is 0.172. The van der Waals surface area contributed by atoms with Gasteiger partial charge in [0.1, 0.15) is 0 Å². The maximum atomic E-state index is 11.7. The van der Waals surface area contributed by atoms with Crippen LogP contribution in [-0.2, 0) is 5.54 Å². The number of nitrogens with one attached hydrogen (secondary N) is 1. The van der Waals surface area contributed by atoms with Gasteiger partial charge in [-0.1, -0.05) is 29.8 Å². The Kier molecular flexibility index (Phi) is 4.18. The number of urea groups is 1. The third-order valence-electron chi connectivity index (χ3n) is 3.04. The predicted molar refractivity (Wildman–Crippen MR) is 71.2 cm³/mol. The Bertz CT molecular complexity index is 416. The lowest BCUT2D eigenvalue weighted by Crippen LogP contribution is -2.47. The van der Waals surface area contributed by atoms with Crippen LogP contribution in [0.3, 0.4) is 0 Å². The van der Waals surface area contributed by atoms with Gasteiger partial charge < -0.3 is 10.2 Å². The molecule has 1 atom stereocenters. The van der Waals surface area contributed by atoms with Crippen LogP contribution in [0.1, 0.15) is 12.5 Å². The molecule has 0 heterocycles. The van der Waals surface area contributed by atoms with Crippen molar-refractivity contribution >= 4 is 17.6 Å². The maximum Gasteiger partial charge on any atom is 0.317 e. The number of rotatable bonds is 3. The highest BCUT2D eigenvalue weighted by Gasteiger charge is 2.30. The van der Waals surface area contributed by atoms with Gasteiger partial charge in [0, 0.05) is 19.1 Å². The van der Waals surface area contributed by atoms with Crippen LogP contribution in [0.5, 0.6) is 0 Å². The summed E-state index contributed by atoms with van der Waals surface area (Å²) in [6.07, 6.45) is 1.74. The number of likely N-dealkylation sites (N-methyl/N-ethyl adjacent to an activating group) is 1. The molecule has 1 rings (SSSR count). The van der Waals surface area contributed by atoms with Crippen molar-refractivity contribution < 1.29 is 4.79 Å². The van der Waals surface area contributed by atoms with Crippen molar-refractivity contribution in [3.05, 3.63) is 47.5 Å². The molecule has 1 N–H and O–H groups in total. The number of carbonyl (C=O) groups is 1. The van der Waals surface area contributed by atoms with Gasteiger partial charge in [-0.2, -0.15) is 0 Å². The standard InChI is InChI=1S/C13H17ClN2O/c1-5-13(2,16(4)12(17)15-3)10-6-8-11(14)9-7-10/h5-9H,1H2,2-4H3,(H,15,17)/t13-/m0/s1. The van der Waals surface area contributed by atoms with Gasteiger partial charge in [0.2, 0.25) is 0 Å². The van der Waals surface area contributed by atoms with E-state index in [1.807, 2.05) is 19.1 Å². The zero-order valence-corrected chi connectivity index (χ0v) is 11.1. The summed E-state index contributed by atoms with van der Waals surface area (Å²) in [6.45, 7) is 5.74. The average molecular weight is 253 g/mol. The number of hydrogen-bond donors (Lipinski definition) is 1. The first-order chi connectivity index (χ1) is 7.95. The third kappa shape index (κ3) is 2.61. The summed E-state index contributed by atoms with van der Waals surface area (Å²) in [6, 6.07) is 7.22. The van der Waals surface area contributed by atoms with Crippen LogP contribution in [0.2, 0.25) is 5.02 Å². The number of nitrogens with zero attached hydrogens (tertiary/aromatic N) is 1. The minimum atomic E-state index is -0.565. The second-order valence-electron chi connectivity index (χ2n) is 3.97. The molecule has 92 valence electrons. The van der Waals surface area contributed by atoms with E-state index in [2.05, 4.69) is 11.9 Å². The molecule has 0 unspecified atom stereocenters. The van der Waals surface area contributed by atoms with E-state index in [1.165, 1.54) is 0 Å². The second-order valence-corrected chi connectivity index (χ2v) is 4.41. The summed E-state index contributed by atoms with van der Waals surface area (Å²) in [7, 11) is 3.33. The molecular weight excluding hydrogens is 236 g/mol. The van der Waals surface area contributed by atoms with Crippen LogP contribution in [0.15, 0.2) is 36.9 Å². The topological polar surface area (TPSA) is 32.3 Å². The summed E-state index contributed by atoms with van der Waals surface area (Å²) < 4.78 is 0. The zero-order chi connectivity index (χ0) is 13.1. The Morgan fingerprint density at radius 3 is 2.41 bits per heavy atom. The van der Waals surface area contributed by atoms with Crippen molar-refractivity contribution in [1.82, 2.24) is 10.2 Å². The van der Waals surface area contributed by atoms with Crippen LogP contribution >= 0.6 is 11.6 Å². The Morgan fingerprint density at radius 2 is 2.00 bits per heavy atom. The molecule has 0 aliphatic carbocycles. The first kappa shape index (κ1) is 13.6. The van der Waals surface area contributed by atoms with Crippen molar-refractivity contribution in [3.8, 4) is 0 Å². The number of carbonyl (C=O) groups excluding carboxylic acids is 1. The lowest BCUT2D eigenvalue weighted by atomic mass is 9.91. The first-order valence-corrected chi connectivity index (χ1v) is 5.68. The molecule has 0 bridgehead atoms. The fourth-order valence-electron chi connectivity index (χ4n) is 1.61. The number of halogens is 1. The van der Waals surface area contributed by atoms with Gasteiger partial charge in [-0.05, 0) is 24.6 Å². The summed E-state index contributed by atoms with van der Waals surface area (Å²) in [5.41, 5.74) is 0.396. The third-order valence-corrected chi connectivity index (χ3v) is 3.29. The van der Waals surface area contributed by atoms with Gasteiger partial charge >= 0.3 is 6.03 Å². The van der Waals surface area contributed by atoms with Gasteiger partial charge in [0.05, 0.1) is 5.54 Å². The summed E-state index contributed by atoms with van der Waals surface area (Å²) in [4.78, 5) is 13.3. The summed E-state index contributed by atoms with van der Waals surface area (Å²) >= 11 is 5.86. The maximum absolute atomic E-state index is 11.7. The molecule has 0 fully saturated rings. The highest BCUT2D eigenvalue weighted by molar-refractivity contribution is 6.30. The first-order valence-electron chi connectivity index (χ1n) is 5.31. The van der Waals surface area contributed by atoms with Gasteiger partial charge in [0.25, 0.3) is 0 Å². The smallest absolute Gasteiger partial charge is 0.317 e. The van der Waals surface area contributed by atoms with E-state index >= 15 is 0 Å². The summed E-state index contributed by atoms with van der Waals surface area (Å²) in [5.74, 6) is 0. The molecular formula is C13H17ClN2O. The Labute approximate surface area is 107 Å². The van der Waals surface area contributed by atoms with Crippen molar-refractivity contribution in [2.24, 2.45) is 0 Å². The Balaban J connectivity index is 3.15. The van der Waals surface area contributed by atoms with Gasteiger partial charge in [-0.15, -0.1) is 6.58 Å². The van der Waals surface area contributed by atoms with Crippen molar-refractivity contribution in [2.75, 3.05) is 14.1 Å². The van der Waals surface area contributed by atoms with E-state index in [1.54, 1.807) is 37.2 Å². The van der Waals surface area contributed by atoms with Crippen LogP contribution in [0, 0.1) is 0 Å². The van der Waals surface area contributed by atoms with Gasteiger partial charge in [-0.25, -0.2) is 4.79 Å². The van der Waals surface area contributed by atoms with E-state index in [9.17, 15) is 4.79 Å². The highest BCUT2D eigenvalue weighted by atomic mass is 35.5. The second kappa shape index (κ2) is 5.23. The van der Waals surface area contributed by atoms with E-state index in [0.29, 0.717) is 5.02 Å². The van der Waals surface area contributed by atoms with Crippen molar-refractivity contribution in [1.29, 1.82) is 0 Å². The van der Waals surface area contributed by atoms with Crippen LogP contribution in [0.25, 0.3) is 0 Å². The predicted octanol–water partition coefficient (Wildman–Crippen LogP) is 3.01. The molecule has 4 heteroatoms. The van der Waals surface area contributed by atoms with Crippen LogP contribution in [-0.4, -0.2) is 25.0 Å². The SMILES string of the molecule is C=C[C@@](C)(c1ccc(Cl)cc1)N(C)C(=O)NC. The molecule has 0 radical (unpaired) electrons. The molecule has 3 nitrogen and oxygen atoms in total. The van der Waals surface area contributed by atoms with E-state index < -0.39 is 5.54 Å². The Hall–Kier alpha value is -1.48. The fourth-order valence-corrected chi connectivity index (χ4v) is 1.74. The lowest BCUT2D eigenvalue weighted by Gasteiger charge is -2.36. The average Bonchev–Trinajstić information content (AvgIpc) is 2.36. The van der Waals surface area contributed by atoms with Crippen molar-refractivity contribution in [2.45, 2.75) is 12.5 Å². The minimum absolute atomic E-state index is 0.164. The van der Waals surface area contributed by atoms with E-state index in [0.717, 1.165) is 5.56 Å². The zero-order valence-electron chi connectivity index (χ0n) is 10.3. The van der Waals surface area contributed by atoms with E-state index in [-0.39, 0.29) is 6.03 Å². The number of benzene rings is 1.